The Balaban J connectivity index is 1.63. The number of hydrogen-bond acceptors (Lipinski definition) is 4. The van der Waals surface area contributed by atoms with Gasteiger partial charge in [-0.25, -0.2) is 0 Å². The maximum Gasteiger partial charge on any atom is 0.254 e. The number of H-pyrrole nitrogens is 1. The lowest BCUT2D eigenvalue weighted by Crippen LogP contribution is -2.32. The van der Waals surface area contributed by atoms with Crippen LogP contribution in [0.15, 0.2) is 35.0 Å². The first-order chi connectivity index (χ1) is 10.3. The molecule has 21 heavy (non-hydrogen) atoms. The van der Waals surface area contributed by atoms with Gasteiger partial charge in [-0.15, -0.1) is 0 Å². The zero-order chi connectivity index (χ0) is 14.2. The summed E-state index contributed by atoms with van der Waals surface area (Å²) in [5.41, 5.74) is 3.38. The van der Waals surface area contributed by atoms with E-state index < -0.39 is 0 Å². The monoisotopic (exact) mass is 298 g/mol. The molecule has 1 aliphatic carbocycles. The van der Waals surface area contributed by atoms with Crippen molar-refractivity contribution in [2.45, 2.75) is 25.4 Å². The number of benzene rings is 1. The van der Waals surface area contributed by atoms with Crippen molar-refractivity contribution in [3.63, 3.8) is 0 Å². The number of carbonyl (C=O) groups is 1. The maximum atomic E-state index is 12.8. The van der Waals surface area contributed by atoms with Crippen LogP contribution in [0.25, 0.3) is 11.0 Å². The Kier molecular flexibility index (Phi) is 2.96. The minimum absolute atomic E-state index is 0.0774. The standard InChI is InChI=1S/C15H14N4OS/c20-15(11-1-4-13-14(7-11)17-18-16-13)19(12-2-3-12)8-10-5-6-21-9-10/h1,4-7,9,12H,2-3,8H2,(H,16,17,18). The van der Waals surface area contributed by atoms with Gasteiger partial charge in [0, 0.05) is 18.2 Å². The third-order valence-corrected chi connectivity index (χ3v) is 4.48. The molecule has 6 heteroatoms. The molecule has 1 fully saturated rings. The number of fused-ring (bicyclic) bond motifs is 1. The summed E-state index contributed by atoms with van der Waals surface area (Å²) in [5.74, 6) is 0.0774. The summed E-state index contributed by atoms with van der Waals surface area (Å²) in [6.07, 6.45) is 2.20. The molecule has 1 amide bonds. The molecular formula is C15H14N4OS. The molecule has 2 aromatic heterocycles. The molecule has 2 heterocycles. The Bertz CT molecular complexity index is 776. The molecule has 0 atom stereocenters. The van der Waals surface area contributed by atoms with Crippen molar-refractivity contribution < 1.29 is 4.79 Å². The van der Waals surface area contributed by atoms with Crippen LogP contribution >= 0.6 is 11.3 Å². The van der Waals surface area contributed by atoms with E-state index in [9.17, 15) is 4.79 Å². The highest BCUT2D eigenvalue weighted by molar-refractivity contribution is 7.07. The number of aromatic nitrogens is 3. The summed E-state index contributed by atoms with van der Waals surface area (Å²) in [7, 11) is 0. The van der Waals surface area contributed by atoms with Crippen LogP contribution in [0.5, 0.6) is 0 Å². The second-order valence-electron chi connectivity index (χ2n) is 5.32. The molecule has 0 radical (unpaired) electrons. The van der Waals surface area contributed by atoms with Gasteiger partial charge in [-0.1, -0.05) is 0 Å². The van der Waals surface area contributed by atoms with Gasteiger partial charge in [0.05, 0.1) is 0 Å². The molecule has 0 saturated heterocycles. The summed E-state index contributed by atoms with van der Waals surface area (Å²) < 4.78 is 0. The van der Waals surface area contributed by atoms with Crippen molar-refractivity contribution in [2.24, 2.45) is 0 Å². The van der Waals surface area contributed by atoms with E-state index in [1.807, 2.05) is 28.5 Å². The zero-order valence-corrected chi connectivity index (χ0v) is 12.1. The number of carbonyl (C=O) groups excluding carboxylic acids is 1. The van der Waals surface area contributed by atoms with E-state index in [0.717, 1.165) is 23.9 Å². The predicted molar refractivity (Wildman–Crippen MR) is 81.1 cm³/mol. The molecule has 0 aliphatic heterocycles. The quantitative estimate of drug-likeness (QED) is 0.805. The Morgan fingerprint density at radius 3 is 2.90 bits per heavy atom. The second-order valence-corrected chi connectivity index (χ2v) is 6.10. The lowest BCUT2D eigenvalue weighted by Gasteiger charge is -2.22. The Hall–Kier alpha value is -2.21. The zero-order valence-electron chi connectivity index (χ0n) is 11.3. The number of amides is 1. The van der Waals surface area contributed by atoms with Gasteiger partial charge in [0.1, 0.15) is 11.0 Å². The van der Waals surface area contributed by atoms with Crippen LogP contribution in [0.1, 0.15) is 28.8 Å². The van der Waals surface area contributed by atoms with Gasteiger partial charge in [0.2, 0.25) is 0 Å². The normalized spacial score (nSPS) is 14.5. The fourth-order valence-electron chi connectivity index (χ4n) is 2.47. The molecule has 1 N–H and O–H groups in total. The third kappa shape index (κ3) is 2.42. The summed E-state index contributed by atoms with van der Waals surface area (Å²) in [5, 5.41) is 14.8. The van der Waals surface area contributed by atoms with E-state index >= 15 is 0 Å². The van der Waals surface area contributed by atoms with E-state index in [-0.39, 0.29) is 5.91 Å². The van der Waals surface area contributed by atoms with Gasteiger partial charge < -0.3 is 4.90 Å². The minimum atomic E-state index is 0.0774. The molecule has 0 spiro atoms. The van der Waals surface area contributed by atoms with Crippen molar-refractivity contribution in [3.8, 4) is 0 Å². The Morgan fingerprint density at radius 1 is 1.29 bits per heavy atom. The van der Waals surface area contributed by atoms with Gasteiger partial charge in [-0.2, -0.15) is 26.7 Å². The molecule has 0 unspecified atom stereocenters. The first-order valence-corrected chi connectivity index (χ1v) is 7.88. The number of aromatic amines is 1. The second kappa shape index (κ2) is 4.96. The SMILES string of the molecule is O=C(c1ccc2n[nH]nc2c1)N(Cc1ccsc1)C1CC1. The van der Waals surface area contributed by atoms with Crippen LogP contribution < -0.4 is 0 Å². The van der Waals surface area contributed by atoms with Gasteiger partial charge in [-0.05, 0) is 53.4 Å². The van der Waals surface area contributed by atoms with Crippen LogP contribution in [0.3, 0.4) is 0 Å². The Labute approximate surface area is 125 Å². The van der Waals surface area contributed by atoms with Crippen molar-refractivity contribution in [1.29, 1.82) is 0 Å². The van der Waals surface area contributed by atoms with E-state index in [2.05, 4.69) is 26.9 Å². The van der Waals surface area contributed by atoms with Crippen molar-refractivity contribution in [2.75, 3.05) is 0 Å². The average molecular weight is 298 g/mol. The van der Waals surface area contributed by atoms with Crippen molar-refractivity contribution in [3.05, 3.63) is 46.2 Å². The van der Waals surface area contributed by atoms with Gasteiger partial charge >= 0.3 is 0 Å². The van der Waals surface area contributed by atoms with Crippen molar-refractivity contribution in [1.82, 2.24) is 20.3 Å². The topological polar surface area (TPSA) is 61.9 Å². The number of rotatable bonds is 4. The highest BCUT2D eigenvalue weighted by atomic mass is 32.1. The lowest BCUT2D eigenvalue weighted by molar-refractivity contribution is 0.0730. The van der Waals surface area contributed by atoms with Crippen LogP contribution in [0.2, 0.25) is 0 Å². The highest BCUT2D eigenvalue weighted by Crippen LogP contribution is 2.30. The molecule has 1 aromatic carbocycles. The van der Waals surface area contributed by atoms with E-state index in [0.29, 0.717) is 18.2 Å². The van der Waals surface area contributed by atoms with Crippen LogP contribution in [0.4, 0.5) is 0 Å². The third-order valence-electron chi connectivity index (χ3n) is 3.74. The molecule has 0 bridgehead atoms. The lowest BCUT2D eigenvalue weighted by atomic mass is 10.1. The first kappa shape index (κ1) is 12.5. The summed E-state index contributed by atoms with van der Waals surface area (Å²) in [4.78, 5) is 14.8. The van der Waals surface area contributed by atoms with Gasteiger partial charge in [-0.3, -0.25) is 4.79 Å². The molecule has 106 valence electrons. The average Bonchev–Trinajstić information content (AvgIpc) is 3.02. The summed E-state index contributed by atoms with van der Waals surface area (Å²) >= 11 is 1.66. The van der Waals surface area contributed by atoms with Crippen LogP contribution in [0, 0.1) is 0 Å². The smallest absolute Gasteiger partial charge is 0.254 e. The van der Waals surface area contributed by atoms with Crippen LogP contribution in [-0.4, -0.2) is 32.3 Å². The van der Waals surface area contributed by atoms with E-state index in [1.54, 1.807) is 11.3 Å². The molecule has 1 aliphatic rings. The molecule has 5 nitrogen and oxygen atoms in total. The predicted octanol–water partition coefficient (Wildman–Crippen LogP) is 2.82. The minimum Gasteiger partial charge on any atom is -0.331 e. The fourth-order valence-corrected chi connectivity index (χ4v) is 3.13. The molecular weight excluding hydrogens is 284 g/mol. The molecule has 3 aromatic rings. The number of nitrogens with one attached hydrogen (secondary N) is 1. The van der Waals surface area contributed by atoms with Gasteiger partial charge in [0.25, 0.3) is 5.91 Å². The largest absolute Gasteiger partial charge is 0.331 e. The van der Waals surface area contributed by atoms with E-state index in [1.165, 1.54) is 5.56 Å². The Morgan fingerprint density at radius 2 is 2.14 bits per heavy atom. The fraction of sp³-hybridized carbons (Fsp3) is 0.267. The van der Waals surface area contributed by atoms with Gasteiger partial charge in [0.15, 0.2) is 0 Å². The maximum absolute atomic E-state index is 12.8. The highest BCUT2D eigenvalue weighted by Gasteiger charge is 2.33. The number of hydrogen-bond donors (Lipinski definition) is 1. The van der Waals surface area contributed by atoms with E-state index in [4.69, 9.17) is 0 Å². The molecule has 1 saturated carbocycles. The molecule has 4 rings (SSSR count). The number of thiophene rings is 1. The summed E-state index contributed by atoms with van der Waals surface area (Å²) in [6.45, 7) is 0.684. The first-order valence-electron chi connectivity index (χ1n) is 6.94. The van der Waals surface area contributed by atoms with Crippen molar-refractivity contribution >= 4 is 28.3 Å². The summed E-state index contributed by atoms with van der Waals surface area (Å²) in [6, 6.07) is 7.93. The number of nitrogens with zero attached hydrogens (tertiary/aromatic N) is 3. The van der Waals surface area contributed by atoms with Crippen LogP contribution in [-0.2, 0) is 6.54 Å².